The van der Waals surface area contributed by atoms with E-state index in [1.54, 1.807) is 0 Å². The summed E-state index contributed by atoms with van der Waals surface area (Å²) in [7, 11) is 0. The van der Waals surface area contributed by atoms with E-state index >= 15 is 0 Å². The maximum Gasteiger partial charge on any atom is 0.303 e. The maximum absolute atomic E-state index is 10.7. The van der Waals surface area contributed by atoms with Gasteiger partial charge in [0.05, 0.1) is 13.2 Å². The molecule has 0 aliphatic carbocycles. The number of ether oxygens (including phenoxy) is 2. The molecule has 0 spiro atoms. The van der Waals surface area contributed by atoms with E-state index in [2.05, 4.69) is 15.9 Å². The Balaban J connectivity index is 2.35. The molecule has 1 aromatic rings. The van der Waals surface area contributed by atoms with Crippen molar-refractivity contribution in [3.63, 3.8) is 0 Å². The fourth-order valence-corrected chi connectivity index (χ4v) is 2.71. The Morgan fingerprint density at radius 1 is 1.44 bits per heavy atom. The average Bonchev–Trinajstić information content (AvgIpc) is 2.53. The van der Waals surface area contributed by atoms with Crippen LogP contribution in [0.1, 0.15) is 24.0 Å². The lowest BCUT2D eigenvalue weighted by atomic mass is 10.0. The molecule has 1 N–H and O–H groups in total. The fraction of sp³-hybridized carbons (Fsp3) is 0.462. The van der Waals surface area contributed by atoms with Crippen molar-refractivity contribution in [2.75, 3.05) is 13.2 Å². The van der Waals surface area contributed by atoms with Crippen molar-refractivity contribution < 1.29 is 19.4 Å². The van der Waals surface area contributed by atoms with E-state index in [-0.39, 0.29) is 6.42 Å². The van der Waals surface area contributed by atoms with Gasteiger partial charge in [0.25, 0.3) is 0 Å². The molecule has 0 radical (unpaired) electrons. The Bertz CT molecular complexity index is 471. The van der Waals surface area contributed by atoms with Crippen LogP contribution in [0.2, 0.25) is 0 Å². The molecule has 98 valence electrons. The number of carbonyl (C=O) groups is 1. The molecule has 0 atom stereocenters. The first kappa shape index (κ1) is 13.2. The number of fused-ring (bicyclic) bond motifs is 1. The number of halogens is 1. The van der Waals surface area contributed by atoms with Gasteiger partial charge in [-0.1, -0.05) is 15.9 Å². The minimum Gasteiger partial charge on any atom is -0.490 e. The van der Waals surface area contributed by atoms with Crippen LogP contribution in [-0.4, -0.2) is 24.3 Å². The Kier molecular flexibility index (Phi) is 4.11. The van der Waals surface area contributed by atoms with E-state index in [1.165, 1.54) is 0 Å². The van der Waals surface area contributed by atoms with E-state index in [4.69, 9.17) is 14.6 Å². The zero-order valence-electron chi connectivity index (χ0n) is 10.2. The predicted molar refractivity (Wildman–Crippen MR) is 70.4 cm³/mol. The van der Waals surface area contributed by atoms with Crippen LogP contribution in [0, 0.1) is 6.92 Å². The van der Waals surface area contributed by atoms with Gasteiger partial charge in [0.2, 0.25) is 0 Å². The molecule has 0 amide bonds. The second-order valence-electron chi connectivity index (χ2n) is 4.23. The second-order valence-corrected chi connectivity index (χ2v) is 5.09. The van der Waals surface area contributed by atoms with Gasteiger partial charge < -0.3 is 14.6 Å². The van der Waals surface area contributed by atoms with E-state index in [1.807, 2.05) is 13.0 Å². The quantitative estimate of drug-likeness (QED) is 0.932. The highest BCUT2D eigenvalue weighted by atomic mass is 79.9. The number of hydrogen-bond donors (Lipinski definition) is 1. The SMILES string of the molecule is Cc1c(CCC(=O)O)c(Br)cc2c1OCCCO2. The van der Waals surface area contributed by atoms with Crippen molar-refractivity contribution in [2.24, 2.45) is 0 Å². The van der Waals surface area contributed by atoms with Crippen LogP contribution in [0.4, 0.5) is 0 Å². The molecule has 1 aromatic carbocycles. The predicted octanol–water partition coefficient (Wildman–Crippen LogP) is 2.94. The molecule has 5 heteroatoms. The van der Waals surface area contributed by atoms with Crippen LogP contribution in [0.25, 0.3) is 0 Å². The van der Waals surface area contributed by atoms with Gasteiger partial charge in [-0.05, 0) is 30.5 Å². The third kappa shape index (κ3) is 2.77. The summed E-state index contributed by atoms with van der Waals surface area (Å²) in [5.41, 5.74) is 1.93. The van der Waals surface area contributed by atoms with Crippen molar-refractivity contribution in [3.8, 4) is 11.5 Å². The molecule has 4 nitrogen and oxygen atoms in total. The molecule has 1 aliphatic heterocycles. The van der Waals surface area contributed by atoms with E-state index in [9.17, 15) is 4.79 Å². The number of carboxylic acid groups (broad SMARTS) is 1. The highest BCUT2D eigenvalue weighted by molar-refractivity contribution is 9.10. The standard InChI is InChI=1S/C13H15BrO4/c1-8-9(3-4-12(15)16)10(14)7-11-13(8)18-6-2-5-17-11/h7H,2-6H2,1H3,(H,15,16). The van der Waals surface area contributed by atoms with Gasteiger partial charge in [-0.25, -0.2) is 0 Å². The van der Waals surface area contributed by atoms with Crippen molar-refractivity contribution >= 4 is 21.9 Å². The summed E-state index contributed by atoms with van der Waals surface area (Å²) in [5, 5.41) is 8.77. The van der Waals surface area contributed by atoms with Crippen LogP contribution < -0.4 is 9.47 Å². The highest BCUT2D eigenvalue weighted by Crippen LogP contribution is 2.39. The fourth-order valence-electron chi connectivity index (χ4n) is 2.01. The molecule has 0 saturated carbocycles. The first-order valence-corrected chi connectivity index (χ1v) is 6.68. The normalized spacial score (nSPS) is 14.1. The third-order valence-corrected chi connectivity index (χ3v) is 3.65. The molecule has 1 heterocycles. The maximum atomic E-state index is 10.7. The van der Waals surface area contributed by atoms with E-state index in [0.29, 0.717) is 19.6 Å². The van der Waals surface area contributed by atoms with Gasteiger partial charge in [-0.15, -0.1) is 0 Å². The molecule has 0 bridgehead atoms. The van der Waals surface area contributed by atoms with Gasteiger partial charge >= 0.3 is 5.97 Å². The average molecular weight is 315 g/mol. The lowest BCUT2D eigenvalue weighted by Crippen LogP contribution is -2.03. The van der Waals surface area contributed by atoms with Crippen LogP contribution in [-0.2, 0) is 11.2 Å². The Morgan fingerprint density at radius 2 is 2.17 bits per heavy atom. The van der Waals surface area contributed by atoms with Crippen molar-refractivity contribution in [1.82, 2.24) is 0 Å². The summed E-state index contributed by atoms with van der Waals surface area (Å²) < 4.78 is 12.2. The zero-order chi connectivity index (χ0) is 13.1. The largest absolute Gasteiger partial charge is 0.490 e. The van der Waals surface area contributed by atoms with Gasteiger partial charge in [0.15, 0.2) is 11.5 Å². The van der Waals surface area contributed by atoms with Crippen LogP contribution in [0.15, 0.2) is 10.5 Å². The van der Waals surface area contributed by atoms with Crippen molar-refractivity contribution in [1.29, 1.82) is 0 Å². The molecule has 0 saturated heterocycles. The second kappa shape index (κ2) is 5.61. The van der Waals surface area contributed by atoms with Gasteiger partial charge in [0, 0.05) is 17.3 Å². The minimum absolute atomic E-state index is 0.110. The molecular formula is C13H15BrO4. The van der Waals surface area contributed by atoms with E-state index < -0.39 is 5.97 Å². The van der Waals surface area contributed by atoms with Gasteiger partial charge in [-0.2, -0.15) is 0 Å². The Hall–Kier alpha value is -1.23. The molecule has 0 fully saturated rings. The van der Waals surface area contributed by atoms with Crippen LogP contribution in [0.3, 0.4) is 0 Å². The lowest BCUT2D eigenvalue weighted by Gasteiger charge is -2.15. The third-order valence-electron chi connectivity index (χ3n) is 2.94. The summed E-state index contributed by atoms with van der Waals surface area (Å²) >= 11 is 3.47. The van der Waals surface area contributed by atoms with Crippen LogP contribution >= 0.6 is 15.9 Å². The summed E-state index contributed by atoms with van der Waals surface area (Å²) in [5.74, 6) is 0.681. The minimum atomic E-state index is -0.798. The monoisotopic (exact) mass is 314 g/mol. The molecule has 0 unspecified atom stereocenters. The Labute approximate surface area is 114 Å². The summed E-state index contributed by atoms with van der Waals surface area (Å²) in [6.45, 7) is 3.22. The summed E-state index contributed by atoms with van der Waals surface area (Å²) in [6.07, 6.45) is 1.45. The number of rotatable bonds is 3. The van der Waals surface area contributed by atoms with Gasteiger partial charge in [0.1, 0.15) is 0 Å². The Morgan fingerprint density at radius 3 is 2.89 bits per heavy atom. The summed E-state index contributed by atoms with van der Waals surface area (Å²) in [4.78, 5) is 10.7. The van der Waals surface area contributed by atoms with Crippen LogP contribution in [0.5, 0.6) is 11.5 Å². The number of hydrogen-bond acceptors (Lipinski definition) is 3. The van der Waals surface area contributed by atoms with Crippen molar-refractivity contribution in [3.05, 3.63) is 21.7 Å². The number of aliphatic carboxylic acids is 1. The summed E-state index contributed by atoms with van der Waals surface area (Å²) in [6, 6.07) is 1.87. The first-order chi connectivity index (χ1) is 8.59. The highest BCUT2D eigenvalue weighted by Gasteiger charge is 2.18. The smallest absolute Gasteiger partial charge is 0.303 e. The lowest BCUT2D eigenvalue weighted by molar-refractivity contribution is -0.136. The van der Waals surface area contributed by atoms with E-state index in [0.717, 1.165) is 33.5 Å². The molecular weight excluding hydrogens is 300 g/mol. The number of benzene rings is 1. The molecule has 18 heavy (non-hydrogen) atoms. The van der Waals surface area contributed by atoms with Gasteiger partial charge in [-0.3, -0.25) is 4.79 Å². The molecule has 1 aliphatic rings. The van der Waals surface area contributed by atoms with Crippen molar-refractivity contribution in [2.45, 2.75) is 26.2 Å². The molecule has 0 aromatic heterocycles. The molecule has 2 rings (SSSR count). The zero-order valence-corrected chi connectivity index (χ0v) is 11.7. The number of carboxylic acids is 1. The topological polar surface area (TPSA) is 55.8 Å². The first-order valence-electron chi connectivity index (χ1n) is 5.89.